The van der Waals surface area contributed by atoms with Crippen LogP contribution >= 0.6 is 11.6 Å². The number of ether oxygens (including phenoxy) is 1. The Balaban J connectivity index is 1.41. The van der Waals surface area contributed by atoms with Crippen molar-refractivity contribution in [2.24, 2.45) is 0 Å². The van der Waals surface area contributed by atoms with E-state index in [0.717, 1.165) is 22.6 Å². The quantitative estimate of drug-likeness (QED) is 0.642. The fraction of sp³-hybridized carbons (Fsp3) is 0.435. The number of carbonyl (C=O) groups is 1. The Bertz CT molecular complexity index is 1220. The van der Waals surface area contributed by atoms with E-state index in [9.17, 15) is 14.3 Å². The van der Waals surface area contributed by atoms with Gasteiger partial charge < -0.3 is 14.7 Å². The zero-order valence-electron chi connectivity index (χ0n) is 17.9. The first-order valence-electron chi connectivity index (χ1n) is 10.8. The zero-order valence-corrected chi connectivity index (χ0v) is 18.7. The Morgan fingerprint density at radius 1 is 1.22 bits per heavy atom. The van der Waals surface area contributed by atoms with E-state index < -0.39 is 5.82 Å². The molecule has 1 saturated carbocycles. The first kappa shape index (κ1) is 21.2. The van der Waals surface area contributed by atoms with Gasteiger partial charge in [0, 0.05) is 11.6 Å². The summed E-state index contributed by atoms with van der Waals surface area (Å²) >= 11 is 6.31. The SMILES string of the molecule is Cc1nc2c3c(nn2c(C)c1Cl)CN(C(=O)c1ccc(F)cc1O[C@H]1CC[C@H](O)CC1)C3. The number of carbonyl (C=O) groups excluding carboxylic acids is 1. The van der Waals surface area contributed by atoms with Crippen LogP contribution in [0.15, 0.2) is 18.2 Å². The maximum absolute atomic E-state index is 14.0. The average Bonchev–Trinajstić information content (AvgIpc) is 3.33. The van der Waals surface area contributed by atoms with E-state index in [1.807, 2.05) is 13.8 Å². The summed E-state index contributed by atoms with van der Waals surface area (Å²) in [4.78, 5) is 19.6. The maximum Gasteiger partial charge on any atom is 0.258 e. The first-order chi connectivity index (χ1) is 15.3. The van der Waals surface area contributed by atoms with Crippen LogP contribution in [0, 0.1) is 19.7 Å². The number of aliphatic hydroxyl groups excluding tert-OH is 1. The number of fused-ring (bicyclic) bond motifs is 3. The molecule has 0 spiro atoms. The summed E-state index contributed by atoms with van der Waals surface area (Å²) in [6.45, 7) is 4.43. The molecule has 3 heterocycles. The largest absolute Gasteiger partial charge is 0.489 e. The topological polar surface area (TPSA) is 80.0 Å². The van der Waals surface area contributed by atoms with Crippen LogP contribution in [0.1, 0.15) is 58.7 Å². The van der Waals surface area contributed by atoms with Crippen LogP contribution in [0.25, 0.3) is 5.65 Å². The van der Waals surface area contributed by atoms with Crippen molar-refractivity contribution in [3.63, 3.8) is 0 Å². The van der Waals surface area contributed by atoms with E-state index in [4.69, 9.17) is 16.3 Å². The lowest BCUT2D eigenvalue weighted by Crippen LogP contribution is -2.29. The number of aliphatic hydroxyl groups is 1. The predicted molar refractivity (Wildman–Crippen MR) is 116 cm³/mol. The molecule has 0 atom stereocenters. The van der Waals surface area contributed by atoms with Gasteiger partial charge in [0.15, 0.2) is 5.65 Å². The van der Waals surface area contributed by atoms with Crippen molar-refractivity contribution in [2.45, 2.75) is 64.8 Å². The number of hydrogen-bond donors (Lipinski definition) is 1. The van der Waals surface area contributed by atoms with Crippen molar-refractivity contribution in [3.8, 4) is 5.75 Å². The third kappa shape index (κ3) is 3.61. The summed E-state index contributed by atoms with van der Waals surface area (Å²) in [5, 5.41) is 14.9. The molecule has 1 amide bonds. The van der Waals surface area contributed by atoms with Gasteiger partial charge in [0.1, 0.15) is 11.6 Å². The van der Waals surface area contributed by atoms with E-state index >= 15 is 0 Å². The molecule has 3 aromatic rings. The molecule has 2 aromatic heterocycles. The van der Waals surface area contributed by atoms with Crippen molar-refractivity contribution in [1.82, 2.24) is 19.5 Å². The molecule has 5 rings (SSSR count). The Hall–Kier alpha value is -2.71. The lowest BCUT2D eigenvalue weighted by atomic mass is 9.95. The number of halogens is 2. The molecule has 168 valence electrons. The highest BCUT2D eigenvalue weighted by atomic mass is 35.5. The van der Waals surface area contributed by atoms with Crippen molar-refractivity contribution in [1.29, 1.82) is 0 Å². The second-order valence-electron chi connectivity index (χ2n) is 8.61. The summed E-state index contributed by atoms with van der Waals surface area (Å²) in [5.41, 5.74) is 4.23. The number of benzene rings is 1. The van der Waals surface area contributed by atoms with Gasteiger partial charge in [-0.15, -0.1) is 0 Å². The van der Waals surface area contributed by atoms with Gasteiger partial charge in [0.25, 0.3) is 5.91 Å². The van der Waals surface area contributed by atoms with Gasteiger partial charge in [-0.3, -0.25) is 4.79 Å². The number of aryl methyl sites for hydroxylation is 2. The van der Waals surface area contributed by atoms with Crippen LogP contribution in [0.4, 0.5) is 4.39 Å². The molecule has 1 aliphatic heterocycles. The van der Waals surface area contributed by atoms with Crippen molar-refractivity contribution in [2.75, 3.05) is 0 Å². The van der Waals surface area contributed by atoms with Crippen LogP contribution in [0.2, 0.25) is 5.02 Å². The minimum absolute atomic E-state index is 0.147. The van der Waals surface area contributed by atoms with Gasteiger partial charge in [-0.25, -0.2) is 13.9 Å². The molecule has 1 fully saturated rings. The van der Waals surface area contributed by atoms with Gasteiger partial charge in [0.05, 0.1) is 53.0 Å². The molecule has 7 nitrogen and oxygen atoms in total. The van der Waals surface area contributed by atoms with Crippen LogP contribution < -0.4 is 4.74 Å². The van der Waals surface area contributed by atoms with Crippen LogP contribution in [-0.2, 0) is 13.1 Å². The average molecular weight is 459 g/mol. The van der Waals surface area contributed by atoms with Gasteiger partial charge in [-0.1, -0.05) is 11.6 Å². The molecule has 1 N–H and O–H groups in total. The summed E-state index contributed by atoms with van der Waals surface area (Å²) in [6, 6.07) is 4.01. The molecule has 0 radical (unpaired) electrons. The Morgan fingerprint density at radius 2 is 1.97 bits per heavy atom. The number of hydrogen-bond acceptors (Lipinski definition) is 5. The van der Waals surface area contributed by atoms with Gasteiger partial charge in [-0.05, 0) is 51.7 Å². The summed E-state index contributed by atoms with van der Waals surface area (Å²) in [5.74, 6) is -0.456. The molecular weight excluding hydrogens is 435 g/mol. The first-order valence-corrected chi connectivity index (χ1v) is 11.2. The van der Waals surface area contributed by atoms with Gasteiger partial charge in [-0.2, -0.15) is 5.10 Å². The normalized spacial score (nSPS) is 20.6. The molecule has 1 aliphatic carbocycles. The van der Waals surface area contributed by atoms with E-state index in [0.29, 0.717) is 55.0 Å². The Morgan fingerprint density at radius 3 is 2.72 bits per heavy atom. The van der Waals surface area contributed by atoms with E-state index in [2.05, 4.69) is 10.1 Å². The number of aromatic nitrogens is 3. The molecule has 1 aromatic carbocycles. The molecule has 0 unspecified atom stereocenters. The van der Waals surface area contributed by atoms with Crippen LogP contribution in [0.3, 0.4) is 0 Å². The standard InChI is InChI=1S/C23H24ClFN4O3/c1-12-21(24)13(2)29-22(26-12)18-10-28(11-19(18)27-29)23(31)17-8-3-14(25)9-20(17)32-16-6-4-15(30)5-7-16/h3,8-9,15-16,30H,4-7,10-11H2,1-2H3/t15-,16-. The Labute approximate surface area is 189 Å². The molecule has 0 saturated heterocycles. The molecule has 32 heavy (non-hydrogen) atoms. The summed E-state index contributed by atoms with van der Waals surface area (Å²) < 4.78 is 21.7. The number of rotatable bonds is 3. The fourth-order valence-corrected chi connectivity index (χ4v) is 4.66. The molecular formula is C23H24ClFN4O3. The Kier molecular flexibility index (Phi) is 5.29. The maximum atomic E-state index is 14.0. The lowest BCUT2D eigenvalue weighted by Gasteiger charge is -2.27. The second-order valence-corrected chi connectivity index (χ2v) is 8.99. The van der Waals surface area contributed by atoms with Crippen molar-refractivity contribution >= 4 is 23.2 Å². The lowest BCUT2D eigenvalue weighted by molar-refractivity contribution is 0.0629. The number of nitrogens with zero attached hydrogens (tertiary/aromatic N) is 4. The molecule has 9 heteroatoms. The monoisotopic (exact) mass is 458 g/mol. The van der Waals surface area contributed by atoms with E-state index in [-0.39, 0.29) is 23.9 Å². The minimum Gasteiger partial charge on any atom is -0.489 e. The minimum atomic E-state index is -0.457. The highest BCUT2D eigenvalue weighted by Crippen LogP contribution is 2.33. The van der Waals surface area contributed by atoms with Gasteiger partial charge >= 0.3 is 0 Å². The predicted octanol–water partition coefficient (Wildman–Crippen LogP) is 3.98. The third-order valence-electron chi connectivity index (χ3n) is 6.35. The van der Waals surface area contributed by atoms with Crippen LogP contribution in [0.5, 0.6) is 5.75 Å². The highest BCUT2D eigenvalue weighted by molar-refractivity contribution is 6.31. The molecule has 2 aliphatic rings. The van der Waals surface area contributed by atoms with Crippen molar-refractivity contribution < 1.29 is 19.0 Å². The summed E-state index contributed by atoms with van der Waals surface area (Å²) in [6.07, 6.45) is 2.16. The molecule has 0 bridgehead atoms. The van der Waals surface area contributed by atoms with Crippen LogP contribution in [-0.4, -0.2) is 42.7 Å². The summed E-state index contributed by atoms with van der Waals surface area (Å²) in [7, 11) is 0. The van der Waals surface area contributed by atoms with E-state index in [1.54, 1.807) is 9.42 Å². The fourth-order valence-electron chi connectivity index (χ4n) is 4.54. The smallest absolute Gasteiger partial charge is 0.258 e. The van der Waals surface area contributed by atoms with Gasteiger partial charge in [0.2, 0.25) is 0 Å². The van der Waals surface area contributed by atoms with Crippen molar-refractivity contribution in [3.05, 3.63) is 57.2 Å². The third-order valence-corrected chi connectivity index (χ3v) is 6.90. The highest BCUT2D eigenvalue weighted by Gasteiger charge is 2.32. The van der Waals surface area contributed by atoms with E-state index in [1.165, 1.54) is 18.2 Å². The zero-order chi connectivity index (χ0) is 22.6. The second kappa shape index (κ2) is 8.01. The number of amides is 1.